The van der Waals surface area contributed by atoms with Gasteiger partial charge in [-0.25, -0.2) is 4.79 Å². The minimum Gasteiger partial charge on any atom is -0.504 e. The lowest BCUT2D eigenvalue weighted by Gasteiger charge is -2.22. The minimum atomic E-state index is -2.85. The third-order valence-corrected chi connectivity index (χ3v) is 1.41. The molecule has 0 bridgehead atoms. The highest BCUT2D eigenvalue weighted by molar-refractivity contribution is 5.81. The highest BCUT2D eigenvalue weighted by Crippen LogP contribution is 2.15. The van der Waals surface area contributed by atoms with Gasteiger partial charge in [-0.15, -0.1) is 0 Å². The Morgan fingerprint density at radius 2 is 2.07 bits per heavy atom. The van der Waals surface area contributed by atoms with Crippen LogP contribution >= 0.6 is 0 Å². The van der Waals surface area contributed by atoms with Crippen LogP contribution in [0, 0.1) is 0 Å². The quantitative estimate of drug-likeness (QED) is 0.206. The van der Waals surface area contributed by atoms with Crippen LogP contribution in [0.25, 0.3) is 0 Å². The molecule has 6 heteroatoms. The first-order chi connectivity index (χ1) is 6.32. The molecule has 0 aliphatic heterocycles. The molecule has 0 fully saturated rings. The second kappa shape index (κ2) is 4.75. The van der Waals surface area contributed by atoms with Crippen molar-refractivity contribution in [3.05, 3.63) is 24.7 Å². The maximum absolute atomic E-state index is 10.5. The Kier molecular flexibility index (Phi) is 4.29. The van der Waals surface area contributed by atoms with Crippen LogP contribution < -0.4 is 0 Å². The Bertz CT molecular complexity index is 253. The summed E-state index contributed by atoms with van der Waals surface area (Å²) in [4.78, 5) is 10.5. The Hall–Kier alpha value is -1.37. The summed E-state index contributed by atoms with van der Waals surface area (Å²) in [5.41, 5.74) is 0. The molecule has 0 amide bonds. The Morgan fingerprint density at radius 3 is 2.43 bits per heavy atom. The van der Waals surface area contributed by atoms with Crippen molar-refractivity contribution >= 4 is 5.97 Å². The van der Waals surface area contributed by atoms with E-state index in [1.807, 2.05) is 0 Å². The molecular weight excluding hydrogens is 192 g/mol. The topological polar surface area (TPSA) is 107 Å². The van der Waals surface area contributed by atoms with Crippen LogP contribution in [0.4, 0.5) is 0 Å². The van der Waals surface area contributed by atoms with Gasteiger partial charge >= 0.3 is 5.97 Å². The summed E-state index contributed by atoms with van der Waals surface area (Å²) in [5, 5.41) is 35.8. The number of hydrogen-bond acceptors (Lipinski definition) is 6. The Morgan fingerprint density at radius 1 is 1.57 bits per heavy atom. The summed E-state index contributed by atoms with van der Waals surface area (Å²) in [5.74, 6) is -4.80. The fourth-order valence-corrected chi connectivity index (χ4v) is 0.463. The Labute approximate surface area is 80.4 Å². The molecule has 14 heavy (non-hydrogen) atoms. The largest absolute Gasteiger partial charge is 0.504 e. The monoisotopic (exact) mass is 204 g/mol. The summed E-state index contributed by atoms with van der Waals surface area (Å²) in [6.45, 7) is 4.12. The van der Waals surface area contributed by atoms with Gasteiger partial charge in [0.1, 0.15) is 12.4 Å². The molecule has 0 heterocycles. The van der Waals surface area contributed by atoms with Gasteiger partial charge in [0.25, 0.3) is 5.79 Å². The molecule has 0 rings (SSSR count). The molecule has 0 spiro atoms. The van der Waals surface area contributed by atoms with E-state index in [9.17, 15) is 4.79 Å². The predicted octanol–water partition coefficient (Wildman–Crippen LogP) is -0.823. The van der Waals surface area contributed by atoms with E-state index in [1.54, 1.807) is 0 Å². The van der Waals surface area contributed by atoms with E-state index in [0.29, 0.717) is 6.26 Å². The third kappa shape index (κ3) is 3.17. The second-order valence-electron chi connectivity index (χ2n) is 2.55. The fraction of sp³-hybridized carbons (Fsp3) is 0.375. The van der Waals surface area contributed by atoms with E-state index in [-0.39, 0.29) is 0 Å². The average Bonchev–Trinajstić information content (AvgIpc) is 2.12. The van der Waals surface area contributed by atoms with Crippen LogP contribution in [0.15, 0.2) is 24.7 Å². The third-order valence-electron chi connectivity index (χ3n) is 1.41. The first-order valence-corrected chi connectivity index (χ1v) is 3.67. The van der Waals surface area contributed by atoms with Crippen molar-refractivity contribution in [3.8, 4) is 0 Å². The Balaban J connectivity index is 4.52. The van der Waals surface area contributed by atoms with Gasteiger partial charge in [0, 0.05) is 6.08 Å². The molecule has 0 radical (unpaired) electrons. The predicted molar refractivity (Wildman–Crippen MR) is 45.9 cm³/mol. The standard InChI is InChI=1S/C8H12O6/c1-3-7(11)14-4-6(10)8(12,13)5(2)9/h3-5,9-10,12-13H,1H2,2H3/b6-4-. The van der Waals surface area contributed by atoms with Crippen LogP contribution in [-0.2, 0) is 9.53 Å². The van der Waals surface area contributed by atoms with Crippen LogP contribution in [0.5, 0.6) is 0 Å². The molecular formula is C8H12O6. The SMILES string of the molecule is C=CC(=O)O/C=C(\O)C(O)(O)C(C)O. The molecule has 1 atom stereocenters. The highest BCUT2D eigenvalue weighted by atomic mass is 16.6. The van der Waals surface area contributed by atoms with Crippen LogP contribution in [-0.4, -0.2) is 38.3 Å². The maximum Gasteiger partial charge on any atom is 0.335 e. The van der Waals surface area contributed by atoms with E-state index >= 15 is 0 Å². The summed E-state index contributed by atoms with van der Waals surface area (Å²) in [7, 11) is 0. The van der Waals surface area contributed by atoms with E-state index in [0.717, 1.165) is 13.0 Å². The lowest BCUT2D eigenvalue weighted by molar-refractivity contribution is -0.211. The van der Waals surface area contributed by atoms with Gasteiger partial charge in [0.05, 0.1) is 0 Å². The number of carbonyl (C=O) groups excluding carboxylic acids is 1. The summed E-state index contributed by atoms with van der Waals surface area (Å²) < 4.78 is 4.19. The molecule has 0 aliphatic rings. The van der Waals surface area contributed by atoms with Gasteiger partial charge in [0.2, 0.25) is 0 Å². The van der Waals surface area contributed by atoms with Crippen molar-refractivity contribution in [2.75, 3.05) is 0 Å². The molecule has 6 nitrogen and oxygen atoms in total. The number of carbonyl (C=O) groups is 1. The summed E-state index contributed by atoms with van der Waals surface area (Å²) >= 11 is 0. The van der Waals surface area contributed by atoms with E-state index < -0.39 is 23.6 Å². The maximum atomic E-state index is 10.5. The zero-order valence-corrected chi connectivity index (χ0v) is 7.54. The van der Waals surface area contributed by atoms with Crippen molar-refractivity contribution in [1.82, 2.24) is 0 Å². The molecule has 1 unspecified atom stereocenters. The molecule has 0 aromatic carbocycles. The van der Waals surface area contributed by atoms with Gasteiger partial charge < -0.3 is 25.2 Å². The van der Waals surface area contributed by atoms with E-state index in [1.165, 1.54) is 0 Å². The van der Waals surface area contributed by atoms with Crippen LogP contribution in [0.1, 0.15) is 6.92 Å². The summed E-state index contributed by atoms with van der Waals surface area (Å²) in [6, 6.07) is 0. The van der Waals surface area contributed by atoms with E-state index in [2.05, 4.69) is 11.3 Å². The second-order valence-corrected chi connectivity index (χ2v) is 2.55. The van der Waals surface area contributed by atoms with Gasteiger partial charge in [0.15, 0.2) is 5.76 Å². The van der Waals surface area contributed by atoms with E-state index in [4.69, 9.17) is 20.4 Å². The van der Waals surface area contributed by atoms with Crippen LogP contribution in [0.3, 0.4) is 0 Å². The first kappa shape index (κ1) is 12.6. The molecule has 80 valence electrons. The van der Waals surface area contributed by atoms with Crippen molar-refractivity contribution in [2.45, 2.75) is 18.8 Å². The first-order valence-electron chi connectivity index (χ1n) is 3.67. The number of rotatable bonds is 4. The zero-order chi connectivity index (χ0) is 11.4. The van der Waals surface area contributed by atoms with Gasteiger partial charge in [-0.3, -0.25) is 0 Å². The van der Waals surface area contributed by atoms with Crippen molar-refractivity contribution < 1.29 is 30.0 Å². The normalized spacial score (nSPS) is 14.7. The van der Waals surface area contributed by atoms with Crippen molar-refractivity contribution in [1.29, 1.82) is 0 Å². The average molecular weight is 204 g/mol. The lowest BCUT2D eigenvalue weighted by Crippen LogP contribution is -2.42. The number of hydrogen-bond donors (Lipinski definition) is 4. The molecule has 0 saturated carbocycles. The summed E-state index contributed by atoms with van der Waals surface area (Å²) in [6.07, 6.45) is -0.402. The number of esters is 1. The molecule has 0 saturated heterocycles. The van der Waals surface area contributed by atoms with Gasteiger partial charge in [-0.2, -0.15) is 0 Å². The van der Waals surface area contributed by atoms with Gasteiger partial charge in [-0.05, 0) is 6.92 Å². The van der Waals surface area contributed by atoms with Gasteiger partial charge in [-0.1, -0.05) is 6.58 Å². The molecule has 4 N–H and O–H groups in total. The molecule has 0 aromatic heterocycles. The molecule has 0 aliphatic carbocycles. The number of aliphatic hydroxyl groups excluding tert-OH is 2. The van der Waals surface area contributed by atoms with Crippen molar-refractivity contribution in [3.63, 3.8) is 0 Å². The fourth-order valence-electron chi connectivity index (χ4n) is 0.463. The number of aliphatic hydroxyl groups is 4. The smallest absolute Gasteiger partial charge is 0.335 e. The lowest BCUT2D eigenvalue weighted by atomic mass is 10.1. The van der Waals surface area contributed by atoms with Crippen LogP contribution in [0.2, 0.25) is 0 Å². The minimum absolute atomic E-state index is 0.413. The zero-order valence-electron chi connectivity index (χ0n) is 7.54. The molecule has 0 aromatic rings. The number of ether oxygens (including phenoxy) is 1. The highest BCUT2D eigenvalue weighted by Gasteiger charge is 2.35. The van der Waals surface area contributed by atoms with Crippen molar-refractivity contribution in [2.24, 2.45) is 0 Å².